The van der Waals surface area contributed by atoms with Crippen molar-refractivity contribution in [3.8, 4) is 11.5 Å². The first-order valence-corrected chi connectivity index (χ1v) is 8.65. The number of rotatable bonds is 8. The lowest BCUT2D eigenvalue weighted by Crippen LogP contribution is -2.31. The van der Waals surface area contributed by atoms with Gasteiger partial charge in [-0.15, -0.1) is 0 Å². The van der Waals surface area contributed by atoms with Gasteiger partial charge in [0.1, 0.15) is 11.5 Å². The first-order chi connectivity index (χ1) is 12.9. The van der Waals surface area contributed by atoms with Crippen molar-refractivity contribution in [2.45, 2.75) is 26.3 Å². The molecule has 2 aromatic rings. The van der Waals surface area contributed by atoms with Gasteiger partial charge in [0.25, 0.3) is 5.91 Å². The molecule has 0 saturated heterocycles. The van der Waals surface area contributed by atoms with E-state index in [1.807, 2.05) is 38.1 Å². The van der Waals surface area contributed by atoms with Crippen molar-refractivity contribution in [3.63, 3.8) is 0 Å². The first-order valence-electron chi connectivity index (χ1n) is 8.65. The van der Waals surface area contributed by atoms with E-state index in [-0.39, 0.29) is 25.0 Å². The van der Waals surface area contributed by atoms with Crippen LogP contribution < -0.4 is 14.8 Å². The van der Waals surface area contributed by atoms with E-state index in [0.29, 0.717) is 11.5 Å². The highest BCUT2D eigenvalue weighted by Gasteiger charge is 2.16. The molecule has 2 aromatic carbocycles. The summed E-state index contributed by atoms with van der Waals surface area (Å²) in [5.41, 5.74) is 2.74. The van der Waals surface area contributed by atoms with E-state index in [2.05, 4.69) is 5.32 Å². The Balaban J connectivity index is 1.87. The molecule has 0 heterocycles. The zero-order valence-electron chi connectivity index (χ0n) is 16.1. The van der Waals surface area contributed by atoms with Crippen LogP contribution in [0.4, 0.5) is 0 Å². The summed E-state index contributed by atoms with van der Waals surface area (Å²) >= 11 is 0. The van der Waals surface area contributed by atoms with Crippen molar-refractivity contribution in [1.29, 1.82) is 0 Å². The summed E-state index contributed by atoms with van der Waals surface area (Å²) < 4.78 is 15.6. The third kappa shape index (κ3) is 6.02. The van der Waals surface area contributed by atoms with Crippen molar-refractivity contribution in [2.24, 2.45) is 0 Å². The average Bonchev–Trinajstić information content (AvgIpc) is 2.67. The van der Waals surface area contributed by atoms with Crippen LogP contribution in [0.3, 0.4) is 0 Å². The standard InChI is InChI=1S/C21H25NO5/c1-14-5-7-16(8-6-14)11-21(24)27-13-20(23)22-15(2)18-12-17(25-3)9-10-19(18)26-4/h5-10,12,15H,11,13H2,1-4H3,(H,22,23)/t15-/m0/s1. The molecule has 0 aromatic heterocycles. The zero-order valence-corrected chi connectivity index (χ0v) is 16.1. The Bertz CT molecular complexity index is 786. The van der Waals surface area contributed by atoms with Gasteiger partial charge in [-0.1, -0.05) is 29.8 Å². The number of hydrogen-bond acceptors (Lipinski definition) is 5. The van der Waals surface area contributed by atoms with Crippen LogP contribution in [0.25, 0.3) is 0 Å². The number of carbonyl (C=O) groups excluding carboxylic acids is 2. The summed E-state index contributed by atoms with van der Waals surface area (Å²) in [7, 11) is 3.13. The predicted molar refractivity (Wildman–Crippen MR) is 102 cm³/mol. The molecular formula is C21H25NO5. The molecule has 0 saturated carbocycles. The van der Waals surface area contributed by atoms with Crippen LogP contribution in [-0.2, 0) is 20.7 Å². The highest BCUT2D eigenvalue weighted by molar-refractivity contribution is 5.81. The van der Waals surface area contributed by atoms with E-state index in [0.717, 1.165) is 16.7 Å². The molecule has 0 fully saturated rings. The smallest absolute Gasteiger partial charge is 0.310 e. The Morgan fingerprint density at radius 3 is 2.37 bits per heavy atom. The maximum absolute atomic E-state index is 12.1. The zero-order chi connectivity index (χ0) is 19.8. The molecule has 0 aliphatic heterocycles. The molecule has 27 heavy (non-hydrogen) atoms. The molecule has 6 nitrogen and oxygen atoms in total. The second-order valence-electron chi connectivity index (χ2n) is 6.22. The predicted octanol–water partition coefficient (Wildman–Crippen LogP) is 2.98. The number of aryl methyl sites for hydroxylation is 1. The largest absolute Gasteiger partial charge is 0.497 e. The lowest BCUT2D eigenvalue weighted by atomic mass is 10.1. The van der Waals surface area contributed by atoms with Gasteiger partial charge in [-0.25, -0.2) is 0 Å². The summed E-state index contributed by atoms with van der Waals surface area (Å²) in [5, 5.41) is 2.80. The third-order valence-corrected chi connectivity index (χ3v) is 4.11. The van der Waals surface area contributed by atoms with Crippen LogP contribution >= 0.6 is 0 Å². The van der Waals surface area contributed by atoms with E-state index in [1.165, 1.54) is 0 Å². The maximum Gasteiger partial charge on any atom is 0.310 e. The minimum absolute atomic E-state index is 0.132. The van der Waals surface area contributed by atoms with Crippen molar-refractivity contribution >= 4 is 11.9 Å². The SMILES string of the molecule is COc1ccc(OC)c([C@H](C)NC(=O)COC(=O)Cc2ccc(C)cc2)c1. The minimum atomic E-state index is -0.444. The van der Waals surface area contributed by atoms with Gasteiger partial charge >= 0.3 is 5.97 Å². The van der Waals surface area contributed by atoms with Gasteiger partial charge in [0.2, 0.25) is 0 Å². The maximum atomic E-state index is 12.1. The van der Waals surface area contributed by atoms with E-state index < -0.39 is 5.97 Å². The van der Waals surface area contributed by atoms with Crippen molar-refractivity contribution in [3.05, 3.63) is 59.2 Å². The normalized spacial score (nSPS) is 11.4. The molecule has 0 aliphatic rings. The molecule has 0 bridgehead atoms. The van der Waals surface area contributed by atoms with Crippen molar-refractivity contribution in [2.75, 3.05) is 20.8 Å². The molecule has 1 atom stereocenters. The van der Waals surface area contributed by atoms with Gasteiger partial charge in [0, 0.05) is 5.56 Å². The number of ether oxygens (including phenoxy) is 3. The van der Waals surface area contributed by atoms with Gasteiger partial charge in [-0.05, 0) is 37.6 Å². The fraction of sp³-hybridized carbons (Fsp3) is 0.333. The van der Waals surface area contributed by atoms with Gasteiger partial charge in [0.15, 0.2) is 6.61 Å². The Morgan fingerprint density at radius 2 is 1.74 bits per heavy atom. The Morgan fingerprint density at radius 1 is 1.04 bits per heavy atom. The van der Waals surface area contributed by atoms with E-state index in [1.54, 1.807) is 32.4 Å². The summed E-state index contributed by atoms with van der Waals surface area (Å²) in [6, 6.07) is 12.6. The van der Waals surface area contributed by atoms with Crippen LogP contribution in [0.1, 0.15) is 29.7 Å². The number of carbonyl (C=O) groups is 2. The molecular weight excluding hydrogens is 346 g/mol. The highest BCUT2D eigenvalue weighted by atomic mass is 16.5. The molecule has 6 heteroatoms. The monoisotopic (exact) mass is 371 g/mol. The fourth-order valence-corrected chi connectivity index (χ4v) is 2.61. The molecule has 1 N–H and O–H groups in total. The molecule has 2 rings (SSSR count). The summed E-state index contributed by atoms with van der Waals surface area (Å²) in [5.74, 6) is 0.474. The number of nitrogens with one attached hydrogen (secondary N) is 1. The van der Waals surface area contributed by atoms with Gasteiger partial charge in [-0.3, -0.25) is 9.59 Å². The third-order valence-electron chi connectivity index (χ3n) is 4.11. The Kier molecular flexibility index (Phi) is 7.23. The van der Waals surface area contributed by atoms with Crippen LogP contribution in [0.2, 0.25) is 0 Å². The van der Waals surface area contributed by atoms with Gasteiger partial charge < -0.3 is 19.5 Å². The second kappa shape index (κ2) is 9.62. The highest BCUT2D eigenvalue weighted by Crippen LogP contribution is 2.29. The number of hydrogen-bond donors (Lipinski definition) is 1. The first kappa shape index (κ1) is 20.3. The second-order valence-corrected chi connectivity index (χ2v) is 6.22. The average molecular weight is 371 g/mol. The van der Waals surface area contributed by atoms with Crippen LogP contribution in [0.5, 0.6) is 11.5 Å². The molecule has 0 unspecified atom stereocenters. The number of esters is 1. The lowest BCUT2D eigenvalue weighted by molar-refractivity contribution is -0.148. The quantitative estimate of drug-likeness (QED) is 0.722. The number of amides is 1. The van der Waals surface area contributed by atoms with Gasteiger partial charge in [0.05, 0.1) is 26.7 Å². The minimum Gasteiger partial charge on any atom is -0.497 e. The summed E-state index contributed by atoms with van der Waals surface area (Å²) in [4.78, 5) is 24.0. The fourth-order valence-electron chi connectivity index (χ4n) is 2.61. The molecule has 0 radical (unpaired) electrons. The van der Waals surface area contributed by atoms with Crippen LogP contribution in [0.15, 0.2) is 42.5 Å². The Hall–Kier alpha value is -3.02. The van der Waals surface area contributed by atoms with Gasteiger partial charge in [-0.2, -0.15) is 0 Å². The van der Waals surface area contributed by atoms with E-state index >= 15 is 0 Å². The lowest BCUT2D eigenvalue weighted by Gasteiger charge is -2.18. The summed E-state index contributed by atoms with van der Waals surface area (Å²) in [6.07, 6.45) is 0.132. The topological polar surface area (TPSA) is 73.9 Å². The van der Waals surface area contributed by atoms with Crippen LogP contribution in [-0.4, -0.2) is 32.7 Å². The number of methoxy groups -OCH3 is 2. The Labute approximate surface area is 159 Å². The van der Waals surface area contributed by atoms with E-state index in [4.69, 9.17) is 14.2 Å². The van der Waals surface area contributed by atoms with Crippen LogP contribution in [0, 0.1) is 6.92 Å². The summed E-state index contributed by atoms with van der Waals surface area (Å²) in [6.45, 7) is 3.47. The molecule has 0 spiro atoms. The molecule has 144 valence electrons. The number of benzene rings is 2. The molecule has 0 aliphatic carbocycles. The molecule has 1 amide bonds. The van der Waals surface area contributed by atoms with E-state index in [9.17, 15) is 9.59 Å². The van der Waals surface area contributed by atoms with Crippen molar-refractivity contribution in [1.82, 2.24) is 5.32 Å². The van der Waals surface area contributed by atoms with Crippen molar-refractivity contribution < 1.29 is 23.8 Å².